The second-order valence-electron chi connectivity index (χ2n) is 4.85. The Morgan fingerprint density at radius 2 is 1.95 bits per heavy atom. The topological polar surface area (TPSA) is 57.2 Å². The van der Waals surface area contributed by atoms with Gasteiger partial charge in [0.05, 0.1) is 12.6 Å². The molecule has 3 rings (SSSR count). The van der Waals surface area contributed by atoms with Crippen LogP contribution in [0.3, 0.4) is 0 Å². The Morgan fingerprint density at radius 1 is 1.18 bits per heavy atom. The van der Waals surface area contributed by atoms with Gasteiger partial charge in [0.2, 0.25) is 5.91 Å². The summed E-state index contributed by atoms with van der Waals surface area (Å²) in [4.78, 5) is 15.1. The van der Waals surface area contributed by atoms with Gasteiger partial charge in [-0.15, -0.1) is 0 Å². The summed E-state index contributed by atoms with van der Waals surface area (Å²) in [5.74, 6) is -0.173. The predicted molar refractivity (Wildman–Crippen MR) is 89.2 cm³/mol. The van der Waals surface area contributed by atoms with E-state index in [9.17, 15) is 4.79 Å². The summed E-state index contributed by atoms with van der Waals surface area (Å²) in [6.07, 6.45) is 3.65. The third kappa shape index (κ3) is 3.18. The van der Waals surface area contributed by atoms with Crippen molar-refractivity contribution >= 4 is 34.6 Å². The number of nitrogens with zero attached hydrogens (tertiary/aromatic N) is 1. The maximum Gasteiger partial charge on any atom is 0.244 e. The van der Waals surface area contributed by atoms with Crippen molar-refractivity contribution in [2.45, 2.75) is 6.42 Å². The second kappa shape index (κ2) is 6.45. The smallest absolute Gasteiger partial charge is 0.244 e. The minimum absolute atomic E-state index is 0.173. The molecule has 0 saturated heterocycles. The number of para-hydroxylation sites is 1. The molecule has 0 saturated carbocycles. The number of aromatic nitrogens is 1. The largest absolute Gasteiger partial charge is 0.361 e. The number of halogens is 1. The molecule has 2 aromatic carbocycles. The quantitative estimate of drug-likeness (QED) is 0.562. The van der Waals surface area contributed by atoms with Gasteiger partial charge in [-0.2, -0.15) is 5.10 Å². The van der Waals surface area contributed by atoms with E-state index in [1.54, 1.807) is 6.07 Å². The van der Waals surface area contributed by atoms with Crippen molar-refractivity contribution in [1.82, 2.24) is 10.4 Å². The number of benzene rings is 2. The molecule has 0 bridgehead atoms. The van der Waals surface area contributed by atoms with Crippen molar-refractivity contribution in [3.8, 4) is 0 Å². The number of nitrogens with one attached hydrogen (secondary N) is 2. The summed E-state index contributed by atoms with van der Waals surface area (Å²) in [7, 11) is 0. The van der Waals surface area contributed by atoms with Crippen LogP contribution in [0.5, 0.6) is 0 Å². The van der Waals surface area contributed by atoms with Crippen LogP contribution < -0.4 is 5.43 Å². The van der Waals surface area contributed by atoms with E-state index in [0.29, 0.717) is 5.02 Å². The van der Waals surface area contributed by atoms with Gasteiger partial charge in [-0.3, -0.25) is 4.79 Å². The second-order valence-corrected chi connectivity index (χ2v) is 5.26. The molecule has 0 aliphatic heterocycles. The van der Waals surface area contributed by atoms with Crippen molar-refractivity contribution in [1.29, 1.82) is 0 Å². The first kappa shape index (κ1) is 14.4. The zero-order valence-electron chi connectivity index (χ0n) is 11.7. The number of H-pyrrole nitrogens is 1. The number of carbonyl (C=O) groups excluding carboxylic acids is 1. The molecule has 1 heterocycles. The van der Waals surface area contributed by atoms with Gasteiger partial charge in [-0.1, -0.05) is 48.0 Å². The van der Waals surface area contributed by atoms with Gasteiger partial charge >= 0.3 is 0 Å². The first-order valence-corrected chi connectivity index (χ1v) is 7.23. The molecule has 0 atom stereocenters. The average Bonchev–Trinajstić information content (AvgIpc) is 2.92. The molecule has 22 heavy (non-hydrogen) atoms. The fourth-order valence-electron chi connectivity index (χ4n) is 2.24. The van der Waals surface area contributed by atoms with Gasteiger partial charge < -0.3 is 4.98 Å². The molecule has 1 aromatic heterocycles. The standard InChI is InChI=1S/C17H14ClN3O/c18-15-7-3-1-5-12(15)11-20-21-17(22)9-13-10-19-16-8-4-2-6-14(13)16/h1-8,10-11,19H,9H2,(H,21,22)/b20-11-. The summed E-state index contributed by atoms with van der Waals surface area (Å²) in [6.45, 7) is 0. The molecule has 0 spiro atoms. The van der Waals surface area contributed by atoms with Gasteiger partial charge in [0.25, 0.3) is 0 Å². The van der Waals surface area contributed by atoms with Crippen LogP contribution >= 0.6 is 11.6 Å². The molecule has 0 unspecified atom stereocenters. The zero-order valence-corrected chi connectivity index (χ0v) is 12.5. The highest BCUT2D eigenvalue weighted by Crippen LogP contribution is 2.18. The van der Waals surface area contributed by atoms with Crippen LogP contribution in [0.25, 0.3) is 10.9 Å². The average molecular weight is 312 g/mol. The van der Waals surface area contributed by atoms with Crippen molar-refractivity contribution in [3.63, 3.8) is 0 Å². The van der Waals surface area contributed by atoms with E-state index in [4.69, 9.17) is 11.6 Å². The molecule has 0 radical (unpaired) electrons. The van der Waals surface area contributed by atoms with Crippen molar-refractivity contribution < 1.29 is 4.79 Å². The fourth-order valence-corrected chi connectivity index (χ4v) is 2.43. The van der Waals surface area contributed by atoms with Crippen LogP contribution in [0.15, 0.2) is 59.8 Å². The SMILES string of the molecule is O=C(Cc1c[nH]c2ccccc12)N/N=C\c1ccccc1Cl. The summed E-state index contributed by atoms with van der Waals surface area (Å²) >= 11 is 6.01. The predicted octanol–water partition coefficient (Wildman–Crippen LogP) is 3.51. The Morgan fingerprint density at radius 3 is 2.82 bits per heavy atom. The Hall–Kier alpha value is -2.59. The molecule has 2 N–H and O–H groups in total. The van der Waals surface area contributed by atoms with Crippen LogP contribution in [0, 0.1) is 0 Å². The molecular weight excluding hydrogens is 298 g/mol. The van der Waals surface area contributed by atoms with Gasteiger partial charge in [0, 0.05) is 27.7 Å². The third-order valence-electron chi connectivity index (χ3n) is 3.32. The Labute approximate surface area is 132 Å². The number of fused-ring (bicyclic) bond motifs is 1. The van der Waals surface area contributed by atoms with E-state index in [2.05, 4.69) is 15.5 Å². The first-order chi connectivity index (χ1) is 10.7. The molecule has 0 aliphatic rings. The molecule has 4 nitrogen and oxygen atoms in total. The number of aromatic amines is 1. The summed E-state index contributed by atoms with van der Waals surface area (Å²) in [6, 6.07) is 15.2. The lowest BCUT2D eigenvalue weighted by molar-refractivity contribution is -0.120. The van der Waals surface area contributed by atoms with E-state index in [-0.39, 0.29) is 12.3 Å². The Balaban J connectivity index is 1.65. The van der Waals surface area contributed by atoms with Crippen molar-refractivity contribution in [2.75, 3.05) is 0 Å². The lowest BCUT2D eigenvalue weighted by Gasteiger charge is -2.00. The number of hydrazone groups is 1. The molecule has 0 aliphatic carbocycles. The van der Waals surface area contributed by atoms with Crippen molar-refractivity contribution in [2.24, 2.45) is 5.10 Å². The first-order valence-electron chi connectivity index (χ1n) is 6.85. The van der Waals surface area contributed by atoms with Crippen LogP contribution in [-0.2, 0) is 11.2 Å². The normalized spacial score (nSPS) is 11.1. The summed E-state index contributed by atoms with van der Waals surface area (Å²) in [5, 5.41) is 5.59. The van der Waals surface area contributed by atoms with E-state index >= 15 is 0 Å². The zero-order chi connectivity index (χ0) is 15.4. The summed E-state index contributed by atoms with van der Waals surface area (Å²) < 4.78 is 0. The fraction of sp³-hybridized carbons (Fsp3) is 0.0588. The molecule has 0 fully saturated rings. The molecule has 3 aromatic rings. The van der Waals surface area contributed by atoms with Crippen LogP contribution in [0.4, 0.5) is 0 Å². The maximum atomic E-state index is 12.0. The van der Waals surface area contributed by atoms with E-state index in [1.807, 2.05) is 48.7 Å². The number of hydrogen-bond donors (Lipinski definition) is 2. The number of rotatable bonds is 4. The molecule has 1 amide bonds. The van der Waals surface area contributed by atoms with Crippen LogP contribution in [-0.4, -0.2) is 17.1 Å². The summed E-state index contributed by atoms with van der Waals surface area (Å²) in [5.41, 5.74) is 5.24. The third-order valence-corrected chi connectivity index (χ3v) is 3.67. The van der Waals surface area contributed by atoms with Crippen LogP contribution in [0.1, 0.15) is 11.1 Å². The monoisotopic (exact) mass is 311 g/mol. The highest BCUT2D eigenvalue weighted by molar-refractivity contribution is 6.33. The van der Waals surface area contributed by atoms with E-state index in [0.717, 1.165) is 22.0 Å². The van der Waals surface area contributed by atoms with E-state index in [1.165, 1.54) is 6.21 Å². The van der Waals surface area contributed by atoms with Gasteiger partial charge in [0.15, 0.2) is 0 Å². The highest BCUT2D eigenvalue weighted by Gasteiger charge is 2.07. The number of amides is 1. The Bertz CT molecular complexity index is 839. The lowest BCUT2D eigenvalue weighted by atomic mass is 10.1. The van der Waals surface area contributed by atoms with Crippen LogP contribution in [0.2, 0.25) is 5.02 Å². The Kier molecular flexibility index (Phi) is 4.21. The molecular formula is C17H14ClN3O. The maximum absolute atomic E-state index is 12.0. The number of carbonyl (C=O) groups is 1. The minimum Gasteiger partial charge on any atom is -0.361 e. The minimum atomic E-state index is -0.173. The molecule has 110 valence electrons. The van der Waals surface area contributed by atoms with Gasteiger partial charge in [-0.25, -0.2) is 5.43 Å². The van der Waals surface area contributed by atoms with E-state index < -0.39 is 0 Å². The lowest BCUT2D eigenvalue weighted by Crippen LogP contribution is -2.19. The highest BCUT2D eigenvalue weighted by atomic mass is 35.5. The molecule has 5 heteroatoms. The van der Waals surface area contributed by atoms with Gasteiger partial charge in [0.1, 0.15) is 0 Å². The van der Waals surface area contributed by atoms with Gasteiger partial charge in [-0.05, 0) is 17.7 Å². The number of hydrogen-bond acceptors (Lipinski definition) is 2. The van der Waals surface area contributed by atoms with Crippen molar-refractivity contribution in [3.05, 3.63) is 70.9 Å².